The molecule has 2 fully saturated rings. The van der Waals surface area contributed by atoms with Crippen molar-refractivity contribution in [2.24, 2.45) is 17.3 Å². The van der Waals surface area contributed by atoms with E-state index in [0.29, 0.717) is 28.2 Å². The first-order valence-corrected chi connectivity index (χ1v) is 8.45. The lowest BCUT2D eigenvalue weighted by Crippen LogP contribution is -2.40. The zero-order valence-corrected chi connectivity index (χ0v) is 13.0. The molecule has 4 atom stereocenters. The van der Waals surface area contributed by atoms with Gasteiger partial charge in [-0.1, -0.05) is 25.1 Å². The van der Waals surface area contributed by atoms with Gasteiger partial charge in [0, 0.05) is 5.75 Å². The molecular weight excluding hydrogens is 264 g/mol. The minimum absolute atomic E-state index is 0.0717. The van der Waals surface area contributed by atoms with E-state index < -0.39 is 0 Å². The minimum atomic E-state index is -0.0717. The van der Waals surface area contributed by atoms with Crippen LogP contribution in [0.15, 0.2) is 0 Å². The molecule has 0 aliphatic heterocycles. The smallest absolute Gasteiger partial charge is 0.219 e. The average Bonchev–Trinajstić information content (AvgIpc) is 2.65. The Kier molecular flexibility index (Phi) is 4.95. The summed E-state index contributed by atoms with van der Waals surface area (Å²) in [6.07, 6.45) is 5.78. The van der Waals surface area contributed by atoms with Crippen molar-refractivity contribution in [1.82, 2.24) is 0 Å². The zero-order chi connectivity index (χ0) is 13.2. The highest BCUT2D eigenvalue weighted by Crippen LogP contribution is 2.56. The van der Waals surface area contributed by atoms with Crippen LogP contribution in [0.4, 0.5) is 0 Å². The van der Waals surface area contributed by atoms with Crippen LogP contribution in [0.3, 0.4) is 0 Å². The lowest BCUT2D eigenvalue weighted by Gasteiger charge is -2.43. The maximum Gasteiger partial charge on any atom is 0.219 e. The van der Waals surface area contributed by atoms with Crippen molar-refractivity contribution in [3.8, 4) is 0 Å². The van der Waals surface area contributed by atoms with E-state index in [9.17, 15) is 5.11 Å². The van der Waals surface area contributed by atoms with Gasteiger partial charge in [-0.2, -0.15) is 0 Å². The molecule has 0 amide bonds. The molecule has 4 heteroatoms. The first kappa shape index (κ1) is 14.6. The van der Waals surface area contributed by atoms with Crippen LogP contribution in [-0.4, -0.2) is 28.0 Å². The largest absolute Gasteiger partial charge is 0.479 e. The third kappa shape index (κ3) is 2.86. The maximum atomic E-state index is 10.2. The maximum absolute atomic E-state index is 10.2. The van der Waals surface area contributed by atoms with Crippen molar-refractivity contribution in [2.75, 3.05) is 12.4 Å². The molecule has 2 rings (SSSR count). The van der Waals surface area contributed by atoms with Gasteiger partial charge >= 0.3 is 0 Å². The summed E-state index contributed by atoms with van der Waals surface area (Å²) in [5.74, 6) is 2.25. The highest BCUT2D eigenvalue weighted by atomic mass is 32.2. The Hall–Kier alpha value is 0.200. The monoisotopic (exact) mass is 288 g/mol. The molecule has 0 spiro atoms. The van der Waals surface area contributed by atoms with Crippen LogP contribution < -0.4 is 0 Å². The number of aliphatic hydroxyl groups is 1. The summed E-state index contributed by atoms with van der Waals surface area (Å²) in [6, 6.07) is 0. The van der Waals surface area contributed by atoms with E-state index in [-0.39, 0.29) is 6.10 Å². The molecule has 0 heterocycles. The molecule has 0 saturated heterocycles. The second kappa shape index (κ2) is 6.10. The Morgan fingerprint density at radius 2 is 2.22 bits per heavy atom. The molecule has 2 aliphatic carbocycles. The summed E-state index contributed by atoms with van der Waals surface area (Å²) in [4.78, 5) is 0. The summed E-state index contributed by atoms with van der Waals surface area (Å²) in [6.45, 7) is 5.01. The molecule has 2 aliphatic rings. The van der Waals surface area contributed by atoms with Gasteiger partial charge in [0.05, 0.1) is 12.7 Å². The average molecular weight is 288 g/mol. The molecule has 0 unspecified atom stereocenters. The van der Waals surface area contributed by atoms with Gasteiger partial charge in [-0.05, 0) is 62.1 Å². The summed E-state index contributed by atoms with van der Waals surface area (Å²) < 4.78 is 6.02. The van der Waals surface area contributed by atoms with Gasteiger partial charge < -0.3 is 9.84 Å². The molecule has 0 radical (unpaired) electrons. The van der Waals surface area contributed by atoms with Gasteiger partial charge in [0.2, 0.25) is 4.38 Å². The number of fused-ring (bicyclic) bond motifs is 1. The van der Waals surface area contributed by atoms with Crippen molar-refractivity contribution in [2.45, 2.75) is 52.1 Å². The van der Waals surface area contributed by atoms with Crippen LogP contribution in [0, 0.1) is 17.3 Å². The van der Waals surface area contributed by atoms with Crippen LogP contribution in [0.25, 0.3) is 0 Å². The van der Waals surface area contributed by atoms with Crippen LogP contribution in [0.5, 0.6) is 0 Å². The summed E-state index contributed by atoms with van der Waals surface area (Å²) in [5, 5.41) is 10.2. The van der Waals surface area contributed by atoms with E-state index in [0.717, 1.165) is 12.2 Å². The number of thioether (sulfide) groups is 1. The Balaban J connectivity index is 1.92. The Morgan fingerprint density at radius 1 is 1.44 bits per heavy atom. The van der Waals surface area contributed by atoms with Crippen LogP contribution >= 0.6 is 24.0 Å². The van der Waals surface area contributed by atoms with Crippen molar-refractivity contribution in [3.63, 3.8) is 0 Å². The molecule has 1 N–H and O–H groups in total. The highest BCUT2D eigenvalue weighted by molar-refractivity contribution is 8.22. The molecule has 0 aromatic rings. The molecule has 104 valence electrons. The van der Waals surface area contributed by atoms with Crippen molar-refractivity contribution in [3.05, 3.63) is 0 Å². The molecule has 2 saturated carbocycles. The van der Waals surface area contributed by atoms with Crippen molar-refractivity contribution < 1.29 is 9.84 Å². The predicted octanol–water partition coefficient (Wildman–Crippen LogP) is 3.62. The fourth-order valence-corrected chi connectivity index (χ4v) is 5.27. The van der Waals surface area contributed by atoms with Gasteiger partial charge in [0.25, 0.3) is 0 Å². The molecule has 18 heavy (non-hydrogen) atoms. The van der Waals surface area contributed by atoms with E-state index in [1.165, 1.54) is 25.7 Å². The van der Waals surface area contributed by atoms with Gasteiger partial charge in [0.15, 0.2) is 0 Å². The fraction of sp³-hybridized carbons (Fsp3) is 0.929. The number of ether oxygens (including phenoxy) is 1. The zero-order valence-electron chi connectivity index (χ0n) is 11.4. The van der Waals surface area contributed by atoms with E-state index in [4.69, 9.17) is 17.0 Å². The number of hydrogen-bond donors (Lipinski definition) is 1. The van der Waals surface area contributed by atoms with E-state index in [1.807, 2.05) is 6.92 Å². The van der Waals surface area contributed by atoms with Crippen molar-refractivity contribution in [1.29, 1.82) is 0 Å². The summed E-state index contributed by atoms with van der Waals surface area (Å²) in [7, 11) is 0. The quantitative estimate of drug-likeness (QED) is 0.803. The second-order valence-electron chi connectivity index (χ2n) is 5.84. The number of thiocarbonyl (C=S) groups is 1. The predicted molar refractivity (Wildman–Crippen MR) is 80.9 cm³/mol. The van der Waals surface area contributed by atoms with E-state index >= 15 is 0 Å². The number of aliphatic hydroxyl groups excluding tert-OH is 1. The van der Waals surface area contributed by atoms with Crippen LogP contribution in [0.2, 0.25) is 0 Å². The van der Waals surface area contributed by atoms with Crippen LogP contribution in [-0.2, 0) is 4.74 Å². The number of rotatable bonds is 3. The summed E-state index contributed by atoms with van der Waals surface area (Å²) in [5.41, 5.74) is 0.326. The standard InChI is InChI=1S/C14H24O2S2/c1-3-16-13(17)18-9-10-6-7-11-12(15)5-4-8-14(10,11)2/h10-12,15H,3-9H2,1-2H3/t10-,11+,12+,14-/m1/s1. The first-order valence-electron chi connectivity index (χ1n) is 7.05. The van der Waals surface area contributed by atoms with Gasteiger partial charge in [-0.3, -0.25) is 0 Å². The third-order valence-electron chi connectivity index (χ3n) is 4.95. The minimum Gasteiger partial charge on any atom is -0.479 e. The Labute approximate surface area is 120 Å². The lowest BCUT2D eigenvalue weighted by atomic mass is 9.65. The normalized spacial score (nSPS) is 39.4. The SMILES string of the molecule is CCOC(=S)SC[C@H]1CC[C@H]2[C@@H](O)CCC[C@]12C. The van der Waals surface area contributed by atoms with E-state index in [1.54, 1.807) is 11.8 Å². The van der Waals surface area contributed by atoms with Crippen LogP contribution in [0.1, 0.15) is 46.0 Å². The highest BCUT2D eigenvalue weighted by Gasteiger charge is 2.50. The lowest BCUT2D eigenvalue weighted by molar-refractivity contribution is -0.0129. The molecule has 0 aromatic heterocycles. The van der Waals surface area contributed by atoms with Gasteiger partial charge in [0.1, 0.15) is 0 Å². The number of hydrogen-bond acceptors (Lipinski definition) is 4. The Bertz CT molecular complexity index is 308. The Morgan fingerprint density at radius 3 is 2.94 bits per heavy atom. The molecule has 2 nitrogen and oxygen atoms in total. The molecule has 0 aromatic carbocycles. The summed E-state index contributed by atoms with van der Waals surface area (Å²) >= 11 is 6.87. The molecule has 0 bridgehead atoms. The first-order chi connectivity index (χ1) is 8.58. The van der Waals surface area contributed by atoms with Gasteiger partial charge in [-0.25, -0.2) is 0 Å². The fourth-order valence-electron chi connectivity index (χ4n) is 3.86. The third-order valence-corrected chi connectivity index (χ3v) is 6.34. The molecular formula is C14H24O2S2. The van der Waals surface area contributed by atoms with Crippen molar-refractivity contribution >= 4 is 28.4 Å². The second-order valence-corrected chi connectivity index (χ2v) is 7.46. The van der Waals surface area contributed by atoms with Gasteiger partial charge in [-0.15, -0.1) is 0 Å². The van der Waals surface area contributed by atoms with E-state index in [2.05, 4.69) is 6.92 Å². The topological polar surface area (TPSA) is 29.5 Å².